The van der Waals surface area contributed by atoms with Crippen molar-refractivity contribution in [2.24, 2.45) is 0 Å². The van der Waals surface area contributed by atoms with E-state index >= 15 is 0 Å². The Kier molecular flexibility index (Phi) is 4.83. The van der Waals surface area contributed by atoms with Crippen LogP contribution < -0.4 is 20.1 Å². The Bertz CT molecular complexity index is 823. The van der Waals surface area contributed by atoms with Crippen LogP contribution in [-0.4, -0.2) is 25.5 Å². The molecule has 25 heavy (non-hydrogen) atoms. The number of anilines is 2. The molecule has 1 aliphatic rings. The monoisotopic (exact) mass is 344 g/mol. The van der Waals surface area contributed by atoms with Gasteiger partial charge < -0.3 is 20.1 Å². The van der Waals surface area contributed by atoms with Crippen LogP contribution in [0.3, 0.4) is 0 Å². The number of amides is 2. The van der Waals surface area contributed by atoms with Gasteiger partial charge in [0.25, 0.3) is 5.91 Å². The van der Waals surface area contributed by atoms with Crippen molar-refractivity contribution in [1.82, 2.24) is 0 Å². The largest absolute Gasteiger partial charge is 0.497 e. The lowest BCUT2D eigenvalue weighted by atomic mass is 10.1. The standard InChI is InChI=1S/C18H17FN2O4/c1-24-13-4-2-3-11(7-13)5-6-16(22)20-14-8-12(19)9-15-18(14)25-10-17(23)21-15/h2-4,7-9H,5-6,10H2,1H3,(H,20,22)(H,21,23). The van der Waals surface area contributed by atoms with Crippen LogP contribution in [0.15, 0.2) is 36.4 Å². The number of benzene rings is 2. The van der Waals surface area contributed by atoms with Crippen LogP contribution in [-0.2, 0) is 16.0 Å². The minimum atomic E-state index is -0.576. The fourth-order valence-electron chi connectivity index (χ4n) is 2.56. The molecule has 130 valence electrons. The summed E-state index contributed by atoms with van der Waals surface area (Å²) in [5.41, 5.74) is 1.37. The molecule has 0 atom stereocenters. The molecular weight excluding hydrogens is 327 g/mol. The van der Waals surface area contributed by atoms with E-state index in [2.05, 4.69) is 10.6 Å². The van der Waals surface area contributed by atoms with Crippen molar-refractivity contribution in [2.75, 3.05) is 24.4 Å². The molecule has 2 aromatic rings. The highest BCUT2D eigenvalue weighted by atomic mass is 19.1. The van der Waals surface area contributed by atoms with Crippen molar-refractivity contribution in [3.05, 3.63) is 47.8 Å². The molecule has 0 radical (unpaired) electrons. The minimum absolute atomic E-state index is 0.175. The number of nitrogens with one attached hydrogen (secondary N) is 2. The van der Waals surface area contributed by atoms with Crippen molar-refractivity contribution in [2.45, 2.75) is 12.8 Å². The Morgan fingerprint density at radius 2 is 2.20 bits per heavy atom. The molecule has 2 amide bonds. The number of rotatable bonds is 5. The Morgan fingerprint density at radius 3 is 3.00 bits per heavy atom. The molecule has 3 rings (SSSR count). The Balaban J connectivity index is 1.68. The number of ether oxygens (including phenoxy) is 2. The molecular formula is C18H17FN2O4. The summed E-state index contributed by atoms with van der Waals surface area (Å²) in [6.45, 7) is -0.175. The topological polar surface area (TPSA) is 76.7 Å². The van der Waals surface area contributed by atoms with Crippen LogP contribution in [0.5, 0.6) is 11.5 Å². The van der Waals surface area contributed by atoms with Gasteiger partial charge in [0.2, 0.25) is 5.91 Å². The average molecular weight is 344 g/mol. The zero-order valence-electron chi connectivity index (χ0n) is 13.6. The first-order chi connectivity index (χ1) is 12.0. The lowest BCUT2D eigenvalue weighted by molar-refractivity contribution is -0.118. The van der Waals surface area contributed by atoms with Crippen LogP contribution in [0.2, 0.25) is 0 Å². The average Bonchev–Trinajstić information content (AvgIpc) is 2.59. The van der Waals surface area contributed by atoms with Crippen molar-refractivity contribution >= 4 is 23.2 Å². The molecule has 2 aromatic carbocycles. The van der Waals surface area contributed by atoms with E-state index in [1.54, 1.807) is 7.11 Å². The van der Waals surface area contributed by atoms with Gasteiger partial charge in [0, 0.05) is 18.6 Å². The normalized spacial score (nSPS) is 12.6. The zero-order chi connectivity index (χ0) is 17.8. The van der Waals surface area contributed by atoms with Gasteiger partial charge in [-0.05, 0) is 24.1 Å². The first kappa shape index (κ1) is 16.8. The highest BCUT2D eigenvalue weighted by Crippen LogP contribution is 2.36. The van der Waals surface area contributed by atoms with E-state index in [-0.39, 0.29) is 42.0 Å². The van der Waals surface area contributed by atoms with Gasteiger partial charge in [-0.25, -0.2) is 4.39 Å². The van der Waals surface area contributed by atoms with Crippen LogP contribution in [0, 0.1) is 5.82 Å². The molecule has 1 aliphatic heterocycles. The second kappa shape index (κ2) is 7.21. The molecule has 1 heterocycles. The summed E-state index contributed by atoms with van der Waals surface area (Å²) < 4.78 is 24.1. The summed E-state index contributed by atoms with van der Waals surface area (Å²) in [6.07, 6.45) is 0.725. The predicted octanol–water partition coefficient (Wildman–Crippen LogP) is 2.74. The summed E-state index contributed by atoms with van der Waals surface area (Å²) in [5, 5.41) is 5.15. The first-order valence-electron chi connectivity index (χ1n) is 7.74. The van der Waals surface area contributed by atoms with E-state index in [1.807, 2.05) is 24.3 Å². The van der Waals surface area contributed by atoms with Crippen molar-refractivity contribution in [1.29, 1.82) is 0 Å². The molecule has 0 bridgehead atoms. The minimum Gasteiger partial charge on any atom is -0.497 e. The van der Waals surface area contributed by atoms with Crippen molar-refractivity contribution in [3.8, 4) is 11.5 Å². The van der Waals surface area contributed by atoms with E-state index in [4.69, 9.17) is 9.47 Å². The number of carbonyl (C=O) groups excluding carboxylic acids is 2. The van der Waals surface area contributed by atoms with E-state index < -0.39 is 5.82 Å². The lowest BCUT2D eigenvalue weighted by Crippen LogP contribution is -2.26. The molecule has 0 unspecified atom stereocenters. The van der Waals surface area contributed by atoms with Gasteiger partial charge in [-0.15, -0.1) is 0 Å². The van der Waals surface area contributed by atoms with Gasteiger partial charge in [-0.2, -0.15) is 0 Å². The van der Waals surface area contributed by atoms with Gasteiger partial charge >= 0.3 is 0 Å². The Labute approximate surface area is 143 Å². The molecule has 0 spiro atoms. The van der Waals surface area contributed by atoms with E-state index in [0.717, 1.165) is 17.4 Å². The molecule has 7 heteroatoms. The molecule has 0 aliphatic carbocycles. The summed E-state index contributed by atoms with van der Waals surface area (Å²) in [7, 11) is 1.58. The quantitative estimate of drug-likeness (QED) is 0.874. The highest BCUT2D eigenvalue weighted by molar-refractivity contribution is 6.00. The summed E-state index contributed by atoms with van der Waals surface area (Å²) in [5.74, 6) is -0.242. The Morgan fingerprint density at radius 1 is 1.36 bits per heavy atom. The predicted molar refractivity (Wildman–Crippen MR) is 90.5 cm³/mol. The number of hydrogen-bond donors (Lipinski definition) is 2. The number of methoxy groups -OCH3 is 1. The number of aryl methyl sites for hydroxylation is 1. The number of halogens is 1. The Hall–Kier alpha value is -3.09. The summed E-state index contributed by atoms with van der Waals surface area (Å²) in [6, 6.07) is 9.76. The number of fused-ring (bicyclic) bond motifs is 1. The van der Waals surface area contributed by atoms with Gasteiger partial charge in [0.1, 0.15) is 11.6 Å². The van der Waals surface area contributed by atoms with Crippen LogP contribution in [0.1, 0.15) is 12.0 Å². The van der Waals surface area contributed by atoms with E-state index in [9.17, 15) is 14.0 Å². The third kappa shape index (κ3) is 4.06. The maximum absolute atomic E-state index is 13.7. The first-order valence-corrected chi connectivity index (χ1v) is 7.74. The van der Waals surface area contributed by atoms with Crippen LogP contribution in [0.25, 0.3) is 0 Å². The van der Waals surface area contributed by atoms with Crippen LogP contribution in [0.4, 0.5) is 15.8 Å². The summed E-state index contributed by atoms with van der Waals surface area (Å²) in [4.78, 5) is 23.5. The van der Waals surface area contributed by atoms with Crippen molar-refractivity contribution in [3.63, 3.8) is 0 Å². The van der Waals surface area contributed by atoms with Gasteiger partial charge in [0.05, 0.1) is 18.5 Å². The number of carbonyl (C=O) groups is 2. The second-order valence-corrected chi connectivity index (χ2v) is 5.57. The third-order valence-electron chi connectivity index (χ3n) is 3.72. The maximum atomic E-state index is 13.7. The number of hydrogen-bond acceptors (Lipinski definition) is 4. The molecule has 6 nitrogen and oxygen atoms in total. The maximum Gasteiger partial charge on any atom is 0.262 e. The zero-order valence-corrected chi connectivity index (χ0v) is 13.6. The molecule has 0 aromatic heterocycles. The van der Waals surface area contributed by atoms with Gasteiger partial charge in [-0.3, -0.25) is 9.59 Å². The highest BCUT2D eigenvalue weighted by Gasteiger charge is 2.21. The molecule has 2 N–H and O–H groups in total. The molecule has 0 saturated heterocycles. The van der Waals surface area contributed by atoms with E-state index in [0.29, 0.717) is 6.42 Å². The fraction of sp³-hybridized carbons (Fsp3) is 0.222. The SMILES string of the molecule is COc1cccc(CCC(=O)Nc2cc(F)cc3c2OCC(=O)N3)c1. The van der Waals surface area contributed by atoms with Crippen molar-refractivity contribution < 1.29 is 23.5 Å². The van der Waals surface area contributed by atoms with Gasteiger partial charge in [-0.1, -0.05) is 12.1 Å². The van der Waals surface area contributed by atoms with E-state index in [1.165, 1.54) is 6.07 Å². The summed E-state index contributed by atoms with van der Waals surface area (Å²) >= 11 is 0. The van der Waals surface area contributed by atoms with Gasteiger partial charge in [0.15, 0.2) is 12.4 Å². The van der Waals surface area contributed by atoms with Crippen LogP contribution >= 0.6 is 0 Å². The third-order valence-corrected chi connectivity index (χ3v) is 3.72. The second-order valence-electron chi connectivity index (χ2n) is 5.57. The molecule has 0 fully saturated rings. The fourth-order valence-corrected chi connectivity index (χ4v) is 2.56. The molecule has 0 saturated carbocycles. The smallest absolute Gasteiger partial charge is 0.262 e. The lowest BCUT2D eigenvalue weighted by Gasteiger charge is -2.21.